The van der Waals surface area contributed by atoms with E-state index in [1.165, 1.54) is 12.2 Å². The van der Waals surface area contributed by atoms with Crippen molar-refractivity contribution in [3.8, 4) is 0 Å². The van der Waals surface area contributed by atoms with E-state index >= 15 is 0 Å². The van der Waals surface area contributed by atoms with Gasteiger partial charge < -0.3 is 5.32 Å². The minimum absolute atomic E-state index is 0.513. The molecule has 1 aromatic heterocycles. The maximum Gasteiger partial charge on any atom is 0.0842 e. The van der Waals surface area contributed by atoms with Gasteiger partial charge in [0.1, 0.15) is 0 Å². The van der Waals surface area contributed by atoms with Gasteiger partial charge in [-0.2, -0.15) is 11.8 Å². The Morgan fingerprint density at radius 3 is 2.93 bits per heavy atom. The molecule has 0 bridgehead atoms. The van der Waals surface area contributed by atoms with Crippen molar-refractivity contribution in [2.24, 2.45) is 7.05 Å². The number of aromatic nitrogens is 3. The van der Waals surface area contributed by atoms with Crippen LogP contribution in [0.4, 0.5) is 0 Å². The quantitative estimate of drug-likeness (QED) is 0.757. The lowest BCUT2D eigenvalue weighted by Gasteiger charge is -2.13. The molecule has 1 aromatic rings. The molecule has 0 saturated heterocycles. The summed E-state index contributed by atoms with van der Waals surface area (Å²) >= 11 is 1.88. The van der Waals surface area contributed by atoms with Gasteiger partial charge in [0.2, 0.25) is 0 Å². The van der Waals surface area contributed by atoms with Crippen LogP contribution in [0.1, 0.15) is 12.1 Å². The fourth-order valence-electron chi connectivity index (χ4n) is 1.35. The summed E-state index contributed by atoms with van der Waals surface area (Å²) in [5.41, 5.74) is 1.06. The van der Waals surface area contributed by atoms with E-state index in [4.69, 9.17) is 0 Å². The minimum atomic E-state index is 0.513. The zero-order valence-electron chi connectivity index (χ0n) is 9.03. The van der Waals surface area contributed by atoms with Gasteiger partial charge in [-0.3, -0.25) is 4.68 Å². The fraction of sp³-hybridized carbons (Fsp3) is 0.778. The first-order valence-electron chi connectivity index (χ1n) is 4.77. The summed E-state index contributed by atoms with van der Waals surface area (Å²) in [6.45, 7) is 0. The monoisotopic (exact) mass is 214 g/mol. The van der Waals surface area contributed by atoms with Crippen molar-refractivity contribution in [2.45, 2.75) is 18.9 Å². The first kappa shape index (κ1) is 11.5. The van der Waals surface area contributed by atoms with Crippen molar-refractivity contribution in [1.82, 2.24) is 20.3 Å². The molecule has 0 radical (unpaired) electrons. The highest BCUT2D eigenvalue weighted by Gasteiger charge is 2.08. The Kier molecular flexibility index (Phi) is 4.97. The van der Waals surface area contributed by atoms with Crippen LogP contribution < -0.4 is 5.32 Å². The smallest absolute Gasteiger partial charge is 0.0842 e. The van der Waals surface area contributed by atoms with Gasteiger partial charge in [0.15, 0.2) is 0 Å². The number of likely N-dealkylation sites (N-methyl/N-ethyl adjacent to an activating group) is 1. The molecule has 0 saturated carbocycles. The summed E-state index contributed by atoms with van der Waals surface area (Å²) in [5, 5.41) is 11.3. The Morgan fingerprint density at radius 1 is 1.64 bits per heavy atom. The summed E-state index contributed by atoms with van der Waals surface area (Å²) in [4.78, 5) is 0. The Bertz CT molecular complexity index is 261. The number of thioether (sulfide) groups is 1. The second-order valence-corrected chi connectivity index (χ2v) is 4.34. The third kappa shape index (κ3) is 3.67. The van der Waals surface area contributed by atoms with Crippen molar-refractivity contribution in [3.63, 3.8) is 0 Å². The van der Waals surface area contributed by atoms with Crippen LogP contribution in [-0.4, -0.2) is 40.1 Å². The third-order valence-corrected chi connectivity index (χ3v) is 2.83. The van der Waals surface area contributed by atoms with Crippen LogP contribution in [0.25, 0.3) is 0 Å². The summed E-state index contributed by atoms with van der Waals surface area (Å²) in [6.07, 6.45) is 6.25. The molecule has 4 nitrogen and oxygen atoms in total. The zero-order chi connectivity index (χ0) is 10.4. The standard InChI is InChI=1S/C9H18N4S/c1-10-8(4-5-14-3)6-9-7-13(2)12-11-9/h7-8,10H,4-6H2,1-3H3. The molecule has 14 heavy (non-hydrogen) atoms. The molecule has 1 unspecified atom stereocenters. The predicted molar refractivity (Wildman–Crippen MR) is 60.6 cm³/mol. The Labute approximate surface area is 89.5 Å². The molecule has 0 fully saturated rings. The Hall–Kier alpha value is -0.550. The van der Waals surface area contributed by atoms with Crippen molar-refractivity contribution >= 4 is 11.8 Å². The third-order valence-electron chi connectivity index (χ3n) is 2.18. The average molecular weight is 214 g/mol. The second-order valence-electron chi connectivity index (χ2n) is 3.35. The molecule has 1 N–H and O–H groups in total. The average Bonchev–Trinajstić information content (AvgIpc) is 2.58. The highest BCUT2D eigenvalue weighted by molar-refractivity contribution is 7.98. The molecule has 0 aliphatic carbocycles. The molecule has 1 rings (SSSR count). The van der Waals surface area contributed by atoms with Crippen LogP contribution in [0, 0.1) is 0 Å². The topological polar surface area (TPSA) is 42.7 Å². The molecule has 0 aliphatic heterocycles. The van der Waals surface area contributed by atoms with Gasteiger partial charge in [-0.1, -0.05) is 5.21 Å². The summed E-state index contributed by atoms with van der Waals surface area (Å²) in [7, 11) is 3.90. The SMILES string of the molecule is CNC(CCSC)Cc1cn(C)nn1. The first-order chi connectivity index (χ1) is 6.76. The van der Waals surface area contributed by atoms with E-state index in [1.54, 1.807) is 4.68 Å². The Balaban J connectivity index is 2.40. The summed E-state index contributed by atoms with van der Waals surface area (Å²) < 4.78 is 1.75. The largest absolute Gasteiger partial charge is 0.317 e. The fourth-order valence-corrected chi connectivity index (χ4v) is 1.87. The number of hydrogen-bond donors (Lipinski definition) is 1. The second kappa shape index (κ2) is 6.03. The summed E-state index contributed by atoms with van der Waals surface area (Å²) in [6, 6.07) is 0.513. The predicted octanol–water partition coefficient (Wildman–Crippen LogP) is 0.699. The van der Waals surface area contributed by atoms with Crippen LogP contribution >= 0.6 is 11.8 Å². The lowest BCUT2D eigenvalue weighted by Crippen LogP contribution is -2.28. The van der Waals surface area contributed by atoms with Crippen molar-refractivity contribution in [2.75, 3.05) is 19.1 Å². The highest BCUT2D eigenvalue weighted by atomic mass is 32.2. The molecule has 5 heteroatoms. The van der Waals surface area contributed by atoms with E-state index in [0.717, 1.165) is 12.1 Å². The number of nitrogens with one attached hydrogen (secondary N) is 1. The van der Waals surface area contributed by atoms with E-state index in [2.05, 4.69) is 21.9 Å². The van der Waals surface area contributed by atoms with E-state index in [1.807, 2.05) is 32.1 Å². The van der Waals surface area contributed by atoms with Gasteiger partial charge in [-0.05, 0) is 25.5 Å². The molecule has 1 heterocycles. The van der Waals surface area contributed by atoms with E-state index < -0.39 is 0 Å². The number of nitrogens with zero attached hydrogens (tertiary/aromatic N) is 3. The van der Waals surface area contributed by atoms with Gasteiger partial charge in [-0.15, -0.1) is 5.10 Å². The lowest BCUT2D eigenvalue weighted by atomic mass is 10.1. The molecule has 0 spiro atoms. The van der Waals surface area contributed by atoms with Crippen molar-refractivity contribution in [1.29, 1.82) is 0 Å². The number of aryl methyl sites for hydroxylation is 1. The molecule has 0 aromatic carbocycles. The van der Waals surface area contributed by atoms with Crippen molar-refractivity contribution < 1.29 is 0 Å². The molecular weight excluding hydrogens is 196 g/mol. The molecule has 80 valence electrons. The maximum absolute atomic E-state index is 4.08. The van der Waals surface area contributed by atoms with Crippen LogP contribution in [0.15, 0.2) is 6.20 Å². The normalized spacial score (nSPS) is 13.1. The highest BCUT2D eigenvalue weighted by Crippen LogP contribution is 2.05. The van der Waals surface area contributed by atoms with Gasteiger partial charge in [-0.25, -0.2) is 0 Å². The van der Waals surface area contributed by atoms with E-state index in [9.17, 15) is 0 Å². The van der Waals surface area contributed by atoms with Gasteiger partial charge in [0, 0.05) is 25.7 Å². The van der Waals surface area contributed by atoms with Crippen LogP contribution in [0.2, 0.25) is 0 Å². The first-order valence-corrected chi connectivity index (χ1v) is 6.17. The minimum Gasteiger partial charge on any atom is -0.317 e. The van der Waals surface area contributed by atoms with Gasteiger partial charge >= 0.3 is 0 Å². The number of hydrogen-bond acceptors (Lipinski definition) is 4. The van der Waals surface area contributed by atoms with E-state index in [-0.39, 0.29) is 0 Å². The molecule has 0 amide bonds. The summed E-state index contributed by atoms with van der Waals surface area (Å²) in [5.74, 6) is 1.19. The Morgan fingerprint density at radius 2 is 2.43 bits per heavy atom. The van der Waals surface area contributed by atoms with Crippen LogP contribution in [0.5, 0.6) is 0 Å². The van der Waals surface area contributed by atoms with Crippen LogP contribution in [0.3, 0.4) is 0 Å². The van der Waals surface area contributed by atoms with Crippen molar-refractivity contribution in [3.05, 3.63) is 11.9 Å². The lowest BCUT2D eigenvalue weighted by molar-refractivity contribution is 0.541. The van der Waals surface area contributed by atoms with Gasteiger partial charge in [0.05, 0.1) is 5.69 Å². The maximum atomic E-state index is 4.08. The zero-order valence-corrected chi connectivity index (χ0v) is 9.84. The molecule has 1 atom stereocenters. The van der Waals surface area contributed by atoms with Gasteiger partial charge in [0.25, 0.3) is 0 Å². The molecule has 0 aliphatic rings. The number of rotatable bonds is 6. The van der Waals surface area contributed by atoms with Crippen LogP contribution in [-0.2, 0) is 13.5 Å². The van der Waals surface area contributed by atoms with E-state index in [0.29, 0.717) is 6.04 Å². The molecular formula is C9H18N4S.